The molecule has 0 radical (unpaired) electrons. The molecule has 0 bridgehead atoms. The Labute approximate surface area is 164 Å². The molecule has 5 nitrogen and oxygen atoms in total. The second-order valence-electron chi connectivity index (χ2n) is 6.64. The van der Waals surface area contributed by atoms with E-state index in [1.54, 1.807) is 19.1 Å². The number of rotatable bonds is 5. The molecule has 0 fully saturated rings. The third kappa shape index (κ3) is 4.39. The highest BCUT2D eigenvalue weighted by atomic mass is 19.1. The molecule has 0 N–H and O–H groups in total. The van der Waals surface area contributed by atoms with Gasteiger partial charge in [-0.05, 0) is 36.3 Å². The first-order valence-electron chi connectivity index (χ1n) is 9.24. The third-order valence-corrected chi connectivity index (χ3v) is 4.26. The van der Waals surface area contributed by atoms with Gasteiger partial charge in [0.1, 0.15) is 17.7 Å². The number of hydrogen-bond acceptors (Lipinski definition) is 5. The lowest BCUT2D eigenvalue weighted by Gasteiger charge is -2.35. The Hall–Kier alpha value is -3.15. The normalized spacial score (nSPS) is 16.5. The maximum atomic E-state index is 13.4. The fraction of sp³-hybridized carbons (Fsp3) is 0.273. The topological polar surface area (TPSA) is 51.1 Å². The zero-order valence-electron chi connectivity index (χ0n) is 16.1. The van der Waals surface area contributed by atoms with Crippen LogP contribution in [0.5, 0.6) is 0 Å². The van der Waals surface area contributed by atoms with E-state index in [0.717, 1.165) is 16.8 Å². The predicted molar refractivity (Wildman–Crippen MR) is 106 cm³/mol. The van der Waals surface area contributed by atoms with Crippen LogP contribution in [-0.4, -0.2) is 23.7 Å². The number of carbonyl (C=O) groups excluding carboxylic acids is 1. The summed E-state index contributed by atoms with van der Waals surface area (Å²) in [6.07, 6.45) is 1.09. The van der Waals surface area contributed by atoms with Crippen LogP contribution < -0.4 is 0 Å². The van der Waals surface area contributed by atoms with Gasteiger partial charge in [-0.2, -0.15) is 5.06 Å². The molecule has 1 heterocycles. The summed E-state index contributed by atoms with van der Waals surface area (Å²) in [6.45, 7) is 5.85. The fourth-order valence-corrected chi connectivity index (χ4v) is 2.94. The van der Waals surface area contributed by atoms with E-state index in [9.17, 15) is 9.18 Å². The predicted octanol–water partition coefficient (Wildman–Crippen LogP) is 5.37. The summed E-state index contributed by atoms with van der Waals surface area (Å²) in [6, 6.07) is 15.4. The maximum Gasteiger partial charge on any atom is 0.533 e. The monoisotopic (exact) mass is 382 g/mol. The number of carbonyl (C=O) groups is 1. The Balaban J connectivity index is 2.07. The first kappa shape index (κ1) is 19.6. The number of amidine groups is 1. The Bertz CT molecular complexity index is 876. The van der Waals surface area contributed by atoms with E-state index in [1.165, 1.54) is 17.2 Å². The smallest absolute Gasteiger partial charge is 0.433 e. The number of aliphatic imine (C=N–C) groups is 1. The van der Waals surface area contributed by atoms with Crippen molar-refractivity contribution in [1.29, 1.82) is 0 Å². The highest BCUT2D eigenvalue weighted by Gasteiger charge is 2.32. The van der Waals surface area contributed by atoms with Gasteiger partial charge in [-0.3, -0.25) is 0 Å². The van der Waals surface area contributed by atoms with Crippen molar-refractivity contribution in [2.45, 2.75) is 26.8 Å². The molecular formula is C22H23FN2O3. The fourth-order valence-electron chi connectivity index (χ4n) is 2.94. The molecule has 0 saturated heterocycles. The van der Waals surface area contributed by atoms with Crippen LogP contribution in [0.4, 0.5) is 9.18 Å². The van der Waals surface area contributed by atoms with E-state index in [-0.39, 0.29) is 18.3 Å². The summed E-state index contributed by atoms with van der Waals surface area (Å²) in [4.78, 5) is 22.3. The molecule has 146 valence electrons. The lowest BCUT2D eigenvalue weighted by Crippen LogP contribution is -2.41. The molecule has 3 rings (SSSR count). The minimum absolute atomic E-state index is 0.0233. The van der Waals surface area contributed by atoms with E-state index in [4.69, 9.17) is 14.6 Å². The number of halogens is 1. The zero-order valence-corrected chi connectivity index (χ0v) is 16.1. The maximum absolute atomic E-state index is 13.4. The molecule has 1 aliphatic rings. The van der Waals surface area contributed by atoms with Gasteiger partial charge in [0, 0.05) is 5.92 Å². The van der Waals surface area contributed by atoms with Crippen LogP contribution in [0.1, 0.15) is 37.9 Å². The molecule has 0 aromatic heterocycles. The summed E-state index contributed by atoms with van der Waals surface area (Å²) >= 11 is 0. The van der Waals surface area contributed by atoms with E-state index in [1.807, 2.05) is 50.3 Å². The first-order valence-corrected chi connectivity index (χ1v) is 9.24. The molecule has 0 saturated carbocycles. The third-order valence-electron chi connectivity index (χ3n) is 4.26. The quantitative estimate of drug-likeness (QED) is 0.653. The van der Waals surface area contributed by atoms with Crippen LogP contribution in [0.3, 0.4) is 0 Å². The number of ether oxygens (including phenoxy) is 1. The van der Waals surface area contributed by atoms with E-state index < -0.39 is 12.2 Å². The standard InChI is InChI=1S/C22H23FN2O3/c1-4-27-22(26)28-25-20(17-10-12-18(23)13-11-17)14-19(24-21(25)15(2)3)16-8-6-5-7-9-16/h5-15,20H,4H2,1-3H3. The minimum Gasteiger partial charge on any atom is -0.433 e. The molecular weight excluding hydrogens is 359 g/mol. The molecule has 0 spiro atoms. The van der Waals surface area contributed by atoms with Crippen LogP contribution in [0.25, 0.3) is 5.70 Å². The van der Waals surface area contributed by atoms with Gasteiger partial charge in [-0.1, -0.05) is 56.3 Å². The van der Waals surface area contributed by atoms with E-state index >= 15 is 0 Å². The lowest BCUT2D eigenvalue weighted by molar-refractivity contribution is -0.0946. The van der Waals surface area contributed by atoms with Gasteiger partial charge in [-0.25, -0.2) is 14.2 Å². The van der Waals surface area contributed by atoms with Crippen molar-refractivity contribution in [3.8, 4) is 0 Å². The van der Waals surface area contributed by atoms with Crippen molar-refractivity contribution < 1.29 is 18.8 Å². The van der Waals surface area contributed by atoms with Crippen molar-refractivity contribution in [3.63, 3.8) is 0 Å². The molecule has 6 heteroatoms. The van der Waals surface area contributed by atoms with Gasteiger partial charge in [0.2, 0.25) is 0 Å². The van der Waals surface area contributed by atoms with Crippen LogP contribution in [0, 0.1) is 11.7 Å². The Kier molecular flexibility index (Phi) is 6.09. The number of hydroxylamine groups is 2. The average Bonchev–Trinajstić information content (AvgIpc) is 2.69. The van der Waals surface area contributed by atoms with Crippen molar-refractivity contribution in [3.05, 3.63) is 77.6 Å². The van der Waals surface area contributed by atoms with Gasteiger partial charge in [0.15, 0.2) is 0 Å². The minimum atomic E-state index is -0.806. The van der Waals surface area contributed by atoms with Crippen molar-refractivity contribution >= 4 is 17.7 Å². The molecule has 1 unspecified atom stereocenters. The summed E-state index contributed by atoms with van der Waals surface area (Å²) < 4.78 is 18.4. The first-order chi connectivity index (χ1) is 13.5. The van der Waals surface area contributed by atoms with Crippen LogP contribution in [0.15, 0.2) is 65.7 Å². The summed E-state index contributed by atoms with van der Waals surface area (Å²) in [5, 5.41) is 1.45. The number of nitrogens with zero attached hydrogens (tertiary/aromatic N) is 2. The molecule has 1 aliphatic heterocycles. The SMILES string of the molecule is CCOC(=O)ON1C(C(C)C)=NC(c2ccccc2)=CC1c1ccc(F)cc1. The summed E-state index contributed by atoms with van der Waals surface area (Å²) in [7, 11) is 0. The highest BCUT2D eigenvalue weighted by molar-refractivity contribution is 5.92. The van der Waals surface area contributed by atoms with Crippen LogP contribution >= 0.6 is 0 Å². The van der Waals surface area contributed by atoms with Crippen LogP contribution in [0.2, 0.25) is 0 Å². The largest absolute Gasteiger partial charge is 0.533 e. The highest BCUT2D eigenvalue weighted by Crippen LogP contribution is 2.34. The summed E-state index contributed by atoms with van der Waals surface area (Å²) in [5.41, 5.74) is 2.48. The van der Waals surface area contributed by atoms with Crippen molar-refractivity contribution in [1.82, 2.24) is 5.06 Å². The molecule has 1 atom stereocenters. The van der Waals surface area contributed by atoms with Crippen molar-refractivity contribution in [2.75, 3.05) is 6.61 Å². The van der Waals surface area contributed by atoms with E-state index in [2.05, 4.69) is 0 Å². The van der Waals surface area contributed by atoms with Gasteiger partial charge in [0.25, 0.3) is 0 Å². The Morgan fingerprint density at radius 1 is 1.14 bits per heavy atom. The Morgan fingerprint density at radius 2 is 1.82 bits per heavy atom. The van der Waals surface area contributed by atoms with Gasteiger partial charge >= 0.3 is 6.16 Å². The molecule has 0 amide bonds. The molecule has 0 aliphatic carbocycles. The second-order valence-corrected chi connectivity index (χ2v) is 6.64. The second kappa shape index (κ2) is 8.69. The zero-order chi connectivity index (χ0) is 20.1. The van der Waals surface area contributed by atoms with Gasteiger partial charge in [0.05, 0.1) is 12.3 Å². The van der Waals surface area contributed by atoms with Gasteiger partial charge in [-0.15, -0.1) is 0 Å². The Morgan fingerprint density at radius 3 is 2.43 bits per heavy atom. The number of hydrogen-bond donors (Lipinski definition) is 0. The summed E-state index contributed by atoms with van der Waals surface area (Å²) in [5.74, 6) is 0.232. The molecule has 28 heavy (non-hydrogen) atoms. The number of benzene rings is 2. The van der Waals surface area contributed by atoms with E-state index in [0.29, 0.717) is 5.84 Å². The van der Waals surface area contributed by atoms with Crippen molar-refractivity contribution in [2.24, 2.45) is 10.9 Å². The van der Waals surface area contributed by atoms with Gasteiger partial charge < -0.3 is 9.57 Å². The molecule has 2 aromatic rings. The van der Waals surface area contributed by atoms with Crippen LogP contribution in [-0.2, 0) is 9.57 Å². The lowest BCUT2D eigenvalue weighted by atomic mass is 9.99. The molecule has 2 aromatic carbocycles. The average molecular weight is 382 g/mol.